The molecule has 0 fully saturated rings. The van der Waals surface area contributed by atoms with E-state index in [-0.39, 0.29) is 35.3 Å². The van der Waals surface area contributed by atoms with Crippen molar-refractivity contribution in [3.05, 3.63) is 48.0 Å². The van der Waals surface area contributed by atoms with Gasteiger partial charge in [0.15, 0.2) is 0 Å². The van der Waals surface area contributed by atoms with E-state index in [4.69, 9.17) is 9.29 Å². The van der Waals surface area contributed by atoms with Gasteiger partial charge in [-0.2, -0.15) is 8.42 Å². The Kier molecular flexibility index (Phi) is 14.2. The van der Waals surface area contributed by atoms with Crippen LogP contribution >= 0.6 is 0 Å². The summed E-state index contributed by atoms with van der Waals surface area (Å²) < 4.78 is 37.0. The van der Waals surface area contributed by atoms with Gasteiger partial charge < -0.3 is 9.84 Å². The molecule has 7 heteroatoms. The topological polar surface area (TPSA) is 86.7 Å². The number of unbranched alkanes of at least 4 members (excludes halogenated alkanes) is 10. The molecule has 0 aliphatic rings. The Hall–Kier alpha value is -1.05. The van der Waals surface area contributed by atoms with Crippen LogP contribution in [0.2, 0.25) is 0 Å². The van der Waals surface area contributed by atoms with Gasteiger partial charge in [-0.05, 0) is 48.7 Å². The molecule has 0 radical (unpaired) electrons. The zero-order chi connectivity index (χ0) is 22.5. The van der Waals surface area contributed by atoms with Crippen molar-refractivity contribution in [1.29, 1.82) is 0 Å². The first-order chi connectivity index (χ1) is 14.9. The van der Waals surface area contributed by atoms with E-state index in [0.29, 0.717) is 5.75 Å². The molecule has 0 saturated carbocycles. The molecule has 0 saturated heterocycles. The van der Waals surface area contributed by atoms with Gasteiger partial charge in [-0.25, -0.2) is 0 Å². The zero-order valence-electron chi connectivity index (χ0n) is 19.5. The Morgan fingerprint density at radius 3 is 1.94 bits per heavy atom. The molecule has 0 heterocycles. The summed E-state index contributed by atoms with van der Waals surface area (Å²) in [6.45, 7) is 2.25. The van der Waals surface area contributed by atoms with Gasteiger partial charge in [0.05, 0.1) is 4.90 Å². The van der Waals surface area contributed by atoms with E-state index < -0.39 is 20.8 Å². The molecule has 2 aromatic rings. The summed E-state index contributed by atoms with van der Waals surface area (Å²) in [7, 11) is -4.52. The molecule has 2 rings (SSSR count). The van der Waals surface area contributed by atoms with Crippen LogP contribution < -0.4 is 39.4 Å². The van der Waals surface area contributed by atoms with Crippen LogP contribution in [0.15, 0.2) is 47.4 Å². The Labute approximate surface area is 215 Å². The van der Waals surface area contributed by atoms with E-state index in [1.54, 1.807) is 6.07 Å². The van der Waals surface area contributed by atoms with Gasteiger partial charge in [-0.15, -0.1) is 0 Å². The summed E-state index contributed by atoms with van der Waals surface area (Å²) in [5.41, 5.74) is 1.17. The molecule has 5 nitrogen and oxygen atoms in total. The second kappa shape index (κ2) is 15.7. The molecule has 0 amide bonds. The molecule has 0 bridgehead atoms. The minimum absolute atomic E-state index is 0. The normalized spacial score (nSPS) is 11.2. The van der Waals surface area contributed by atoms with Crippen molar-refractivity contribution in [1.82, 2.24) is 0 Å². The van der Waals surface area contributed by atoms with E-state index in [2.05, 4.69) is 13.0 Å². The first-order valence-corrected chi connectivity index (χ1v) is 12.9. The maximum absolute atomic E-state index is 11.9. The molecule has 0 spiro atoms. The summed E-state index contributed by atoms with van der Waals surface area (Å²) in [6.07, 6.45) is 15.4. The fraction of sp³-hybridized carbons (Fsp3) is 0.520. The second-order valence-electron chi connectivity index (χ2n) is 8.12. The molecular formula is C25H35NaO5S. The van der Waals surface area contributed by atoms with Gasteiger partial charge in [0.1, 0.15) is 11.5 Å². The van der Waals surface area contributed by atoms with Gasteiger partial charge in [-0.1, -0.05) is 89.0 Å². The van der Waals surface area contributed by atoms with Crippen molar-refractivity contribution in [3.8, 4) is 17.2 Å². The van der Waals surface area contributed by atoms with Crippen molar-refractivity contribution in [2.24, 2.45) is 0 Å². The molecule has 0 aromatic heterocycles. The fourth-order valence-corrected chi connectivity index (χ4v) is 4.21. The largest absolute Gasteiger partial charge is 1.00 e. The van der Waals surface area contributed by atoms with E-state index in [1.807, 2.05) is 12.1 Å². The summed E-state index contributed by atoms with van der Waals surface area (Å²) in [4.78, 5) is -0.648. The average Bonchev–Trinajstić information content (AvgIpc) is 2.71. The van der Waals surface area contributed by atoms with E-state index >= 15 is 0 Å². The number of rotatable bonds is 15. The van der Waals surface area contributed by atoms with Gasteiger partial charge in [0.2, 0.25) is 0 Å². The molecule has 172 valence electrons. The number of hydrogen-bond acceptors (Lipinski definition) is 4. The third-order valence-corrected chi connectivity index (χ3v) is 6.29. The molecule has 0 atom stereocenters. The summed E-state index contributed by atoms with van der Waals surface area (Å²) in [5.74, 6) is 0.0425. The quantitative estimate of drug-likeness (QED) is 0.244. The zero-order valence-corrected chi connectivity index (χ0v) is 22.3. The van der Waals surface area contributed by atoms with Crippen LogP contribution in [0, 0.1) is 0 Å². The Morgan fingerprint density at radius 2 is 1.38 bits per heavy atom. The Morgan fingerprint density at radius 1 is 0.812 bits per heavy atom. The van der Waals surface area contributed by atoms with Crippen molar-refractivity contribution < 1.29 is 52.4 Å². The monoisotopic (exact) mass is 470 g/mol. The van der Waals surface area contributed by atoms with E-state index in [1.165, 1.54) is 75.8 Å². The first-order valence-electron chi connectivity index (χ1n) is 11.5. The van der Waals surface area contributed by atoms with E-state index in [0.717, 1.165) is 25.0 Å². The third kappa shape index (κ3) is 11.2. The molecule has 2 aromatic carbocycles. The van der Waals surface area contributed by atoms with Crippen LogP contribution in [-0.2, 0) is 16.5 Å². The van der Waals surface area contributed by atoms with Crippen LogP contribution in [0.5, 0.6) is 17.2 Å². The first kappa shape index (κ1) is 29.0. The van der Waals surface area contributed by atoms with Crippen molar-refractivity contribution >= 4 is 10.1 Å². The minimum atomic E-state index is -4.52. The minimum Gasteiger partial charge on any atom is -0.871 e. The van der Waals surface area contributed by atoms with Crippen LogP contribution in [-0.4, -0.2) is 13.0 Å². The molecule has 0 aliphatic carbocycles. The van der Waals surface area contributed by atoms with Crippen LogP contribution in [0.3, 0.4) is 0 Å². The predicted molar refractivity (Wildman–Crippen MR) is 122 cm³/mol. The van der Waals surface area contributed by atoms with Crippen molar-refractivity contribution in [2.75, 3.05) is 0 Å². The summed E-state index contributed by atoms with van der Waals surface area (Å²) in [6, 6.07) is 11.2. The Bertz CT molecular complexity index is 899. The van der Waals surface area contributed by atoms with Crippen LogP contribution in [0.1, 0.15) is 83.1 Å². The fourth-order valence-electron chi connectivity index (χ4n) is 3.66. The van der Waals surface area contributed by atoms with Crippen molar-refractivity contribution in [3.63, 3.8) is 0 Å². The maximum atomic E-state index is 11.9. The van der Waals surface area contributed by atoms with Gasteiger partial charge in [-0.3, -0.25) is 4.55 Å². The van der Waals surface area contributed by atoms with Crippen molar-refractivity contribution in [2.45, 2.75) is 88.9 Å². The number of aryl methyl sites for hydroxylation is 1. The molecule has 0 aliphatic heterocycles. The summed E-state index contributed by atoms with van der Waals surface area (Å²) in [5, 5.41) is 11.9. The maximum Gasteiger partial charge on any atom is 1.00 e. The molecule has 1 N–H and O–H groups in total. The Balaban J connectivity index is 0.00000512. The van der Waals surface area contributed by atoms with Crippen LogP contribution in [0.25, 0.3) is 0 Å². The standard InChI is InChI=1S/C25H36O5S.Na/c1-2-3-4-5-6-7-8-9-10-11-12-14-21-15-13-16-22(19-21)30-23-17-18-25(24(26)20-23)31(27,28)29;/h13,15-20,26H,2-12,14H2,1H3,(H,27,28,29);/q;+1/p-1. The number of benzene rings is 2. The predicted octanol–water partition coefficient (Wildman–Crippen LogP) is 3.66. The van der Waals surface area contributed by atoms with Gasteiger partial charge >= 0.3 is 29.6 Å². The van der Waals surface area contributed by atoms with Crippen LogP contribution in [0.4, 0.5) is 0 Å². The molecule has 32 heavy (non-hydrogen) atoms. The van der Waals surface area contributed by atoms with Gasteiger partial charge in [0, 0.05) is 0 Å². The van der Waals surface area contributed by atoms with E-state index in [9.17, 15) is 13.5 Å². The number of ether oxygens (including phenoxy) is 1. The molecule has 0 unspecified atom stereocenters. The smallest absolute Gasteiger partial charge is 0.871 e. The number of hydrogen-bond donors (Lipinski definition) is 1. The average molecular weight is 471 g/mol. The molecular weight excluding hydrogens is 435 g/mol. The van der Waals surface area contributed by atoms with Gasteiger partial charge in [0.25, 0.3) is 10.1 Å². The SMILES string of the molecule is CCCCCCCCCCCCCc1cccc(Oc2ccc(S(=O)(=O)O)c([O-])c2)c1.[Na+]. The second-order valence-corrected chi connectivity index (χ2v) is 9.51. The third-order valence-electron chi connectivity index (χ3n) is 5.40. The summed E-state index contributed by atoms with van der Waals surface area (Å²) >= 11 is 0.